The number of morpholine rings is 1. The highest BCUT2D eigenvalue weighted by atomic mass is 32.1. The van der Waals surface area contributed by atoms with E-state index in [1.807, 2.05) is 37.3 Å². The van der Waals surface area contributed by atoms with E-state index >= 15 is 0 Å². The normalized spacial score (nSPS) is 21.4. The van der Waals surface area contributed by atoms with Crippen LogP contribution in [0, 0.1) is 6.92 Å². The molecule has 1 amide bonds. The summed E-state index contributed by atoms with van der Waals surface area (Å²) in [6, 6.07) is 11.7. The summed E-state index contributed by atoms with van der Waals surface area (Å²) >= 11 is 1.71. The first-order valence-electron chi connectivity index (χ1n) is 12.0. The molecule has 0 radical (unpaired) electrons. The number of aryl methyl sites for hydroxylation is 1. The van der Waals surface area contributed by atoms with E-state index < -0.39 is 0 Å². The SMILES string of the molecule is CC1=C(C(=O)Nc2ccccc2)[C@@H](c2cc(CN3CCOCC3)c(C)s2)C2=C(CCCC2=O)N1. The minimum absolute atomic E-state index is 0.150. The van der Waals surface area contributed by atoms with Crippen LogP contribution in [0.25, 0.3) is 0 Å². The third kappa shape index (κ3) is 4.60. The summed E-state index contributed by atoms with van der Waals surface area (Å²) in [7, 11) is 0. The van der Waals surface area contributed by atoms with Crippen molar-refractivity contribution in [1.29, 1.82) is 0 Å². The summed E-state index contributed by atoms with van der Waals surface area (Å²) < 4.78 is 5.50. The molecule has 3 aliphatic rings. The van der Waals surface area contributed by atoms with Gasteiger partial charge in [-0.2, -0.15) is 0 Å². The number of ketones is 1. The second-order valence-electron chi connectivity index (χ2n) is 9.20. The van der Waals surface area contributed by atoms with Crippen molar-refractivity contribution < 1.29 is 14.3 Å². The molecule has 1 fully saturated rings. The second kappa shape index (κ2) is 9.86. The van der Waals surface area contributed by atoms with Crippen LogP contribution < -0.4 is 10.6 Å². The van der Waals surface area contributed by atoms with Crippen LogP contribution in [0.2, 0.25) is 0 Å². The fourth-order valence-corrected chi connectivity index (χ4v) is 6.30. The number of rotatable bonds is 5. The molecule has 3 heterocycles. The molecule has 1 aromatic heterocycles. The zero-order valence-electron chi connectivity index (χ0n) is 19.8. The van der Waals surface area contributed by atoms with Gasteiger partial charge in [0.15, 0.2) is 5.78 Å². The molecule has 6 nitrogen and oxygen atoms in total. The van der Waals surface area contributed by atoms with E-state index in [4.69, 9.17) is 4.74 Å². The van der Waals surface area contributed by atoms with Gasteiger partial charge in [0.2, 0.25) is 0 Å². The molecule has 178 valence electrons. The highest BCUT2D eigenvalue weighted by molar-refractivity contribution is 7.12. The van der Waals surface area contributed by atoms with Gasteiger partial charge in [-0.15, -0.1) is 11.3 Å². The predicted molar refractivity (Wildman–Crippen MR) is 135 cm³/mol. The van der Waals surface area contributed by atoms with Gasteiger partial charge in [-0.1, -0.05) is 18.2 Å². The van der Waals surface area contributed by atoms with Gasteiger partial charge in [0, 0.05) is 64.0 Å². The molecule has 34 heavy (non-hydrogen) atoms. The zero-order chi connectivity index (χ0) is 23.7. The maximum Gasteiger partial charge on any atom is 0.254 e. The van der Waals surface area contributed by atoms with Crippen molar-refractivity contribution in [3.8, 4) is 0 Å². The Balaban J connectivity index is 1.52. The molecule has 1 aromatic carbocycles. The Hall–Kier alpha value is -2.74. The number of hydrogen-bond acceptors (Lipinski definition) is 6. The van der Waals surface area contributed by atoms with Crippen molar-refractivity contribution in [2.24, 2.45) is 0 Å². The average Bonchev–Trinajstić information content (AvgIpc) is 3.19. The molecule has 2 aliphatic heterocycles. The Morgan fingerprint density at radius 1 is 1.18 bits per heavy atom. The number of amides is 1. The first kappa shape index (κ1) is 23.0. The summed E-state index contributed by atoms with van der Waals surface area (Å²) in [4.78, 5) is 31.5. The Morgan fingerprint density at radius 3 is 2.71 bits per heavy atom. The van der Waals surface area contributed by atoms with Crippen molar-refractivity contribution in [3.05, 3.63) is 74.3 Å². The van der Waals surface area contributed by atoms with Crippen molar-refractivity contribution in [3.63, 3.8) is 0 Å². The number of nitrogens with zero attached hydrogens (tertiary/aromatic N) is 1. The third-order valence-corrected chi connectivity index (χ3v) is 8.03. The molecule has 0 bridgehead atoms. The first-order chi connectivity index (χ1) is 16.5. The molecule has 0 spiro atoms. The van der Waals surface area contributed by atoms with Crippen LogP contribution in [0.3, 0.4) is 0 Å². The summed E-state index contributed by atoms with van der Waals surface area (Å²) in [5, 5.41) is 6.46. The minimum Gasteiger partial charge on any atom is -0.379 e. The number of dihydropyridines is 1. The fraction of sp³-hybridized carbons (Fsp3) is 0.407. The standard InChI is InChI=1S/C27H31N3O3S/c1-17-24(27(32)29-20-7-4-3-5-8-20)26(25-21(28-17)9-6-10-22(25)31)23-15-19(18(2)34-23)16-30-11-13-33-14-12-30/h3-5,7-8,15,26,28H,6,9-14,16H2,1-2H3,(H,29,32)/t26-/m1/s1. The number of benzene rings is 1. The van der Waals surface area contributed by atoms with Gasteiger partial charge in [0.05, 0.1) is 19.1 Å². The molecule has 5 rings (SSSR count). The molecular formula is C27H31N3O3S. The number of thiophene rings is 1. The lowest BCUT2D eigenvalue weighted by atomic mass is 9.77. The van der Waals surface area contributed by atoms with E-state index in [1.54, 1.807) is 11.3 Å². The molecule has 0 unspecified atom stereocenters. The first-order valence-corrected chi connectivity index (χ1v) is 12.8. The number of carbonyl (C=O) groups excluding carboxylic acids is 2. The van der Waals surface area contributed by atoms with E-state index in [-0.39, 0.29) is 17.6 Å². The molecule has 1 saturated heterocycles. The number of Topliss-reactive ketones (excluding diaryl/α,β-unsaturated/α-hetero) is 1. The average molecular weight is 478 g/mol. The fourth-order valence-electron chi connectivity index (χ4n) is 5.13. The monoisotopic (exact) mass is 477 g/mol. The number of carbonyl (C=O) groups is 2. The molecule has 2 aromatic rings. The number of para-hydroxylation sites is 1. The Bertz CT molecular complexity index is 1160. The molecule has 1 atom stereocenters. The van der Waals surface area contributed by atoms with E-state index in [1.165, 1.54) is 10.4 Å². The molecule has 1 aliphatic carbocycles. The van der Waals surface area contributed by atoms with E-state index in [9.17, 15) is 9.59 Å². The van der Waals surface area contributed by atoms with Gasteiger partial charge >= 0.3 is 0 Å². The van der Waals surface area contributed by atoms with Crippen LogP contribution in [-0.2, 0) is 20.9 Å². The van der Waals surface area contributed by atoms with Gasteiger partial charge in [0.1, 0.15) is 0 Å². The van der Waals surface area contributed by atoms with Crippen molar-refractivity contribution >= 4 is 28.7 Å². The highest BCUT2D eigenvalue weighted by Crippen LogP contribution is 2.45. The van der Waals surface area contributed by atoms with Crippen LogP contribution >= 0.6 is 11.3 Å². The quantitative estimate of drug-likeness (QED) is 0.664. The minimum atomic E-state index is -0.338. The van der Waals surface area contributed by atoms with Crippen LogP contribution in [0.5, 0.6) is 0 Å². The largest absolute Gasteiger partial charge is 0.379 e. The number of hydrogen-bond donors (Lipinski definition) is 2. The van der Waals surface area contributed by atoms with Crippen LogP contribution in [0.1, 0.15) is 47.4 Å². The van der Waals surface area contributed by atoms with Crippen molar-refractivity contribution in [2.75, 3.05) is 31.6 Å². The van der Waals surface area contributed by atoms with Crippen molar-refractivity contribution in [1.82, 2.24) is 10.2 Å². The lowest BCUT2D eigenvalue weighted by Crippen LogP contribution is -2.36. The lowest BCUT2D eigenvalue weighted by molar-refractivity contribution is -0.116. The molecule has 0 saturated carbocycles. The van der Waals surface area contributed by atoms with Crippen LogP contribution in [-0.4, -0.2) is 42.9 Å². The Labute approximate surface area is 204 Å². The molecular weight excluding hydrogens is 446 g/mol. The zero-order valence-corrected chi connectivity index (χ0v) is 20.6. The smallest absolute Gasteiger partial charge is 0.254 e. The molecule has 2 N–H and O–H groups in total. The van der Waals surface area contributed by atoms with E-state index in [0.29, 0.717) is 12.0 Å². The summed E-state index contributed by atoms with van der Waals surface area (Å²) in [5.74, 6) is -0.348. The third-order valence-electron chi connectivity index (χ3n) is 6.87. The highest BCUT2D eigenvalue weighted by Gasteiger charge is 2.39. The van der Waals surface area contributed by atoms with E-state index in [2.05, 4.69) is 28.5 Å². The van der Waals surface area contributed by atoms with Gasteiger partial charge in [-0.3, -0.25) is 14.5 Å². The topological polar surface area (TPSA) is 70.7 Å². The van der Waals surface area contributed by atoms with Crippen LogP contribution in [0.4, 0.5) is 5.69 Å². The number of ether oxygens (including phenoxy) is 1. The van der Waals surface area contributed by atoms with Gasteiger partial charge in [0.25, 0.3) is 5.91 Å². The maximum atomic E-state index is 13.6. The van der Waals surface area contributed by atoms with Gasteiger partial charge in [-0.25, -0.2) is 0 Å². The summed E-state index contributed by atoms with van der Waals surface area (Å²) in [5.41, 5.74) is 5.23. The van der Waals surface area contributed by atoms with Gasteiger partial charge in [-0.05, 0) is 50.5 Å². The van der Waals surface area contributed by atoms with Crippen molar-refractivity contribution in [2.45, 2.75) is 45.6 Å². The van der Waals surface area contributed by atoms with E-state index in [0.717, 1.165) is 73.2 Å². The molecule has 7 heteroatoms. The number of nitrogens with one attached hydrogen (secondary N) is 2. The summed E-state index contributed by atoms with van der Waals surface area (Å²) in [6.45, 7) is 8.34. The summed E-state index contributed by atoms with van der Waals surface area (Å²) in [6.07, 6.45) is 2.23. The van der Waals surface area contributed by atoms with Crippen LogP contribution in [0.15, 0.2) is 58.9 Å². The number of allylic oxidation sites excluding steroid dienone is 3. The predicted octanol–water partition coefficient (Wildman–Crippen LogP) is 4.50. The number of anilines is 1. The Morgan fingerprint density at radius 2 is 1.94 bits per heavy atom. The Kier molecular flexibility index (Phi) is 6.68. The lowest BCUT2D eigenvalue weighted by Gasteiger charge is -2.34. The second-order valence-corrected chi connectivity index (χ2v) is 10.5. The maximum absolute atomic E-state index is 13.6. The van der Waals surface area contributed by atoms with Gasteiger partial charge < -0.3 is 15.4 Å².